The summed E-state index contributed by atoms with van der Waals surface area (Å²) in [7, 11) is 0. The Kier molecular flexibility index (Phi) is 5.51. The predicted molar refractivity (Wildman–Crippen MR) is 92.9 cm³/mol. The second-order valence-corrected chi connectivity index (χ2v) is 6.88. The lowest BCUT2D eigenvalue weighted by Crippen LogP contribution is -2.28. The molecule has 3 heteroatoms. The summed E-state index contributed by atoms with van der Waals surface area (Å²) in [6.45, 7) is 8.34. The molecule has 3 nitrogen and oxygen atoms in total. The van der Waals surface area contributed by atoms with Gasteiger partial charge >= 0.3 is 0 Å². The van der Waals surface area contributed by atoms with Crippen LogP contribution in [0, 0.1) is 26.7 Å². The number of aliphatic hydroxyl groups is 2. The molecule has 0 aromatic heterocycles. The zero-order valence-corrected chi connectivity index (χ0v) is 14.6. The lowest BCUT2D eigenvalue weighted by molar-refractivity contribution is -0.120. The Hall–Kier alpha value is -1.77. The van der Waals surface area contributed by atoms with Crippen molar-refractivity contribution in [3.05, 3.63) is 45.9 Å². The van der Waals surface area contributed by atoms with Gasteiger partial charge in [-0.05, 0) is 43.9 Å². The third kappa shape index (κ3) is 3.60. The summed E-state index contributed by atoms with van der Waals surface area (Å²) in [4.78, 5) is 12.1. The Balaban J connectivity index is 2.44. The van der Waals surface area contributed by atoms with Crippen LogP contribution in [0.5, 0.6) is 0 Å². The zero-order valence-electron chi connectivity index (χ0n) is 14.6. The van der Waals surface area contributed by atoms with Crippen LogP contribution in [0.15, 0.2) is 23.7 Å². The first-order valence-electron chi connectivity index (χ1n) is 8.59. The van der Waals surface area contributed by atoms with E-state index in [1.54, 1.807) is 0 Å². The Labute approximate surface area is 139 Å². The topological polar surface area (TPSA) is 57.5 Å². The monoisotopic (exact) mass is 316 g/mol. The first-order valence-corrected chi connectivity index (χ1v) is 8.59. The van der Waals surface area contributed by atoms with Crippen LogP contribution in [-0.4, -0.2) is 16.0 Å². The molecule has 126 valence electrons. The van der Waals surface area contributed by atoms with Gasteiger partial charge in [-0.2, -0.15) is 0 Å². The van der Waals surface area contributed by atoms with Gasteiger partial charge in [0.15, 0.2) is 5.76 Å². The third-order valence-electron chi connectivity index (χ3n) is 4.98. The maximum atomic E-state index is 12.1. The van der Waals surface area contributed by atoms with E-state index < -0.39 is 5.76 Å². The fourth-order valence-electron chi connectivity index (χ4n) is 3.98. The van der Waals surface area contributed by atoms with Crippen molar-refractivity contribution in [2.24, 2.45) is 5.92 Å². The number of allylic oxidation sites excluding steroid dienone is 2. The van der Waals surface area contributed by atoms with Crippen molar-refractivity contribution in [3.63, 3.8) is 0 Å². The Bertz CT molecular complexity index is 605. The fourth-order valence-corrected chi connectivity index (χ4v) is 3.98. The van der Waals surface area contributed by atoms with Gasteiger partial charge in [0.1, 0.15) is 5.76 Å². The van der Waals surface area contributed by atoms with Gasteiger partial charge in [-0.3, -0.25) is 4.79 Å². The molecule has 0 radical (unpaired) electrons. The van der Waals surface area contributed by atoms with Crippen molar-refractivity contribution in [1.82, 2.24) is 0 Å². The van der Waals surface area contributed by atoms with Crippen molar-refractivity contribution in [3.8, 4) is 0 Å². The van der Waals surface area contributed by atoms with Crippen molar-refractivity contribution >= 4 is 5.78 Å². The van der Waals surface area contributed by atoms with E-state index in [4.69, 9.17) is 0 Å². The number of hydrogen-bond acceptors (Lipinski definition) is 3. The van der Waals surface area contributed by atoms with E-state index in [1.165, 1.54) is 5.56 Å². The zero-order chi connectivity index (χ0) is 17.1. The molecular formula is C20H28O3. The molecule has 0 heterocycles. The first kappa shape index (κ1) is 17.6. The van der Waals surface area contributed by atoms with Gasteiger partial charge in [0.25, 0.3) is 0 Å². The molecule has 0 saturated heterocycles. The number of hydrogen-bond donors (Lipinski definition) is 2. The molecule has 0 fully saturated rings. The SMILES string of the molecule is CCCCCC1C(O)=C(O)C(=O)CC1c1c(C)cc(C)cc1C. The molecule has 1 aromatic carbocycles. The van der Waals surface area contributed by atoms with Crippen molar-refractivity contribution in [2.45, 2.75) is 65.7 Å². The van der Waals surface area contributed by atoms with E-state index in [2.05, 4.69) is 39.8 Å². The summed E-state index contributed by atoms with van der Waals surface area (Å²) in [5, 5.41) is 20.3. The predicted octanol–water partition coefficient (Wildman–Crippen LogP) is 5.19. The molecule has 2 rings (SSSR count). The van der Waals surface area contributed by atoms with Crippen LogP contribution in [0.1, 0.15) is 67.2 Å². The van der Waals surface area contributed by atoms with Gasteiger partial charge in [0.05, 0.1) is 0 Å². The minimum atomic E-state index is -0.426. The van der Waals surface area contributed by atoms with Crippen LogP contribution in [0.4, 0.5) is 0 Å². The minimum absolute atomic E-state index is 0.0455. The highest BCUT2D eigenvalue weighted by Gasteiger charge is 2.38. The normalized spacial score (nSPS) is 21.8. The van der Waals surface area contributed by atoms with E-state index in [9.17, 15) is 15.0 Å². The molecular weight excluding hydrogens is 288 g/mol. The number of carbonyl (C=O) groups excluding carboxylic acids is 1. The Morgan fingerprint density at radius 2 is 1.70 bits per heavy atom. The van der Waals surface area contributed by atoms with Crippen LogP contribution in [0.25, 0.3) is 0 Å². The smallest absolute Gasteiger partial charge is 0.201 e. The summed E-state index contributed by atoms with van der Waals surface area (Å²) in [6, 6.07) is 4.26. The first-order chi connectivity index (χ1) is 10.9. The molecule has 0 aliphatic heterocycles. The molecule has 23 heavy (non-hydrogen) atoms. The molecule has 1 aromatic rings. The van der Waals surface area contributed by atoms with Crippen LogP contribution in [-0.2, 0) is 4.79 Å². The highest BCUT2D eigenvalue weighted by Crippen LogP contribution is 2.43. The molecule has 1 aliphatic carbocycles. The van der Waals surface area contributed by atoms with Gasteiger partial charge in [0, 0.05) is 18.3 Å². The number of aryl methyl sites for hydroxylation is 3. The van der Waals surface area contributed by atoms with Crippen molar-refractivity contribution in [1.29, 1.82) is 0 Å². The largest absolute Gasteiger partial charge is 0.508 e. The van der Waals surface area contributed by atoms with Crippen LogP contribution in [0.3, 0.4) is 0 Å². The number of aliphatic hydroxyl groups excluding tert-OH is 2. The van der Waals surface area contributed by atoms with Gasteiger partial charge in [-0.15, -0.1) is 0 Å². The average molecular weight is 316 g/mol. The fraction of sp³-hybridized carbons (Fsp3) is 0.550. The van der Waals surface area contributed by atoms with E-state index in [0.29, 0.717) is 0 Å². The minimum Gasteiger partial charge on any atom is -0.508 e. The average Bonchev–Trinajstić information content (AvgIpc) is 2.47. The summed E-state index contributed by atoms with van der Waals surface area (Å²) in [5.41, 5.74) is 4.69. The second kappa shape index (κ2) is 7.20. The highest BCUT2D eigenvalue weighted by molar-refractivity contribution is 5.95. The van der Waals surface area contributed by atoms with Gasteiger partial charge in [-0.25, -0.2) is 0 Å². The van der Waals surface area contributed by atoms with E-state index >= 15 is 0 Å². The third-order valence-corrected chi connectivity index (χ3v) is 4.98. The van der Waals surface area contributed by atoms with Gasteiger partial charge in [-0.1, -0.05) is 43.9 Å². The lowest BCUT2D eigenvalue weighted by atomic mass is 9.72. The quantitative estimate of drug-likeness (QED) is 0.735. The lowest BCUT2D eigenvalue weighted by Gasteiger charge is -2.33. The number of rotatable bonds is 5. The molecule has 0 bridgehead atoms. The van der Waals surface area contributed by atoms with Gasteiger partial charge < -0.3 is 10.2 Å². The molecule has 1 aliphatic rings. The van der Waals surface area contributed by atoms with Crippen molar-refractivity contribution in [2.75, 3.05) is 0 Å². The highest BCUT2D eigenvalue weighted by atomic mass is 16.3. The van der Waals surface area contributed by atoms with E-state index in [1.807, 2.05) is 0 Å². The number of Topliss-reactive ketones (excluding diaryl/α,β-unsaturated/α-hetero) is 1. The number of benzene rings is 1. The molecule has 0 amide bonds. The maximum Gasteiger partial charge on any atom is 0.201 e. The van der Waals surface area contributed by atoms with Crippen LogP contribution < -0.4 is 0 Å². The molecule has 2 atom stereocenters. The summed E-state index contributed by atoms with van der Waals surface area (Å²) in [5.74, 6) is -1.10. The maximum absolute atomic E-state index is 12.1. The molecule has 0 saturated carbocycles. The van der Waals surface area contributed by atoms with E-state index in [-0.39, 0.29) is 29.8 Å². The number of carbonyl (C=O) groups is 1. The van der Waals surface area contributed by atoms with Crippen molar-refractivity contribution < 1.29 is 15.0 Å². The molecule has 2 N–H and O–H groups in total. The Morgan fingerprint density at radius 3 is 2.26 bits per heavy atom. The Morgan fingerprint density at radius 1 is 1.09 bits per heavy atom. The second-order valence-electron chi connectivity index (χ2n) is 6.88. The van der Waals surface area contributed by atoms with E-state index in [0.717, 1.165) is 42.4 Å². The molecule has 0 spiro atoms. The summed E-state index contributed by atoms with van der Waals surface area (Å²) in [6.07, 6.45) is 4.27. The number of ketones is 1. The van der Waals surface area contributed by atoms with Gasteiger partial charge in [0.2, 0.25) is 5.78 Å². The number of unbranched alkanes of at least 4 members (excludes halogenated alkanes) is 2. The van der Waals surface area contributed by atoms with Crippen LogP contribution >= 0.6 is 0 Å². The summed E-state index contributed by atoms with van der Waals surface area (Å²) < 4.78 is 0. The molecule has 2 unspecified atom stereocenters. The summed E-state index contributed by atoms with van der Waals surface area (Å²) >= 11 is 0. The standard InChI is InChI=1S/C20H28O3/c1-5-6-7-8-15-16(11-17(21)20(23)19(15)22)18-13(3)9-12(2)10-14(18)4/h9-10,15-16,22-23H,5-8,11H2,1-4H3. The van der Waals surface area contributed by atoms with Crippen LogP contribution in [0.2, 0.25) is 0 Å².